The van der Waals surface area contributed by atoms with Gasteiger partial charge in [-0.05, 0) is 12.0 Å². The van der Waals surface area contributed by atoms with E-state index in [1.807, 2.05) is 17.0 Å². The lowest BCUT2D eigenvalue weighted by Gasteiger charge is -2.15. The van der Waals surface area contributed by atoms with Gasteiger partial charge in [0.25, 0.3) is 0 Å². The van der Waals surface area contributed by atoms with E-state index in [0.29, 0.717) is 18.5 Å². The number of nitrogens with zero attached hydrogens (tertiary/aromatic N) is 1. The van der Waals surface area contributed by atoms with Crippen molar-refractivity contribution < 1.29 is 9.59 Å². The lowest BCUT2D eigenvalue weighted by Crippen LogP contribution is -2.23. The molecule has 0 N–H and O–H groups in total. The molecular weight excluding hydrogens is 190 g/mol. The van der Waals surface area contributed by atoms with Gasteiger partial charge in [0.2, 0.25) is 5.91 Å². The van der Waals surface area contributed by atoms with E-state index in [4.69, 9.17) is 0 Å². The second-order valence-corrected chi connectivity index (χ2v) is 3.78. The third kappa shape index (κ3) is 2.24. The highest BCUT2D eigenvalue weighted by atomic mass is 16.2. The normalized spacial score (nSPS) is 15.7. The first kappa shape index (κ1) is 9.90. The predicted octanol–water partition coefficient (Wildman–Crippen LogP) is 1.62. The number of hydrogen-bond donors (Lipinski definition) is 0. The molecule has 1 saturated heterocycles. The van der Waals surface area contributed by atoms with Crippen LogP contribution < -0.4 is 0 Å². The van der Waals surface area contributed by atoms with Crippen LogP contribution in [-0.2, 0) is 11.3 Å². The van der Waals surface area contributed by atoms with Crippen LogP contribution in [0.4, 0.5) is 0 Å². The first-order valence-corrected chi connectivity index (χ1v) is 5.11. The van der Waals surface area contributed by atoms with Crippen molar-refractivity contribution in [1.29, 1.82) is 0 Å². The Morgan fingerprint density at radius 2 is 2.00 bits per heavy atom. The highest BCUT2D eigenvalue weighted by molar-refractivity contribution is 5.78. The van der Waals surface area contributed by atoms with Crippen LogP contribution >= 0.6 is 0 Å². The molecule has 1 aromatic carbocycles. The van der Waals surface area contributed by atoms with E-state index in [1.165, 1.54) is 0 Å². The lowest BCUT2D eigenvalue weighted by atomic mass is 10.1. The van der Waals surface area contributed by atoms with Crippen LogP contribution in [0.25, 0.3) is 0 Å². The SMILES string of the molecule is O=Cc1ccc(CN2CCCC2=O)cc1. The minimum atomic E-state index is 0.231. The highest BCUT2D eigenvalue weighted by Crippen LogP contribution is 2.14. The Morgan fingerprint density at radius 3 is 2.53 bits per heavy atom. The molecule has 1 aromatic rings. The van der Waals surface area contributed by atoms with Gasteiger partial charge in [0.1, 0.15) is 6.29 Å². The van der Waals surface area contributed by atoms with Crippen LogP contribution in [0.2, 0.25) is 0 Å². The number of hydrogen-bond acceptors (Lipinski definition) is 2. The van der Waals surface area contributed by atoms with Gasteiger partial charge in [-0.1, -0.05) is 24.3 Å². The maximum Gasteiger partial charge on any atom is 0.222 e. The summed E-state index contributed by atoms with van der Waals surface area (Å²) in [6.07, 6.45) is 2.46. The van der Waals surface area contributed by atoms with Crippen molar-refractivity contribution in [1.82, 2.24) is 4.90 Å². The van der Waals surface area contributed by atoms with E-state index in [0.717, 1.165) is 24.8 Å². The van der Waals surface area contributed by atoms with Crippen molar-refractivity contribution in [2.24, 2.45) is 0 Å². The van der Waals surface area contributed by atoms with Crippen molar-refractivity contribution in [3.63, 3.8) is 0 Å². The molecular formula is C12H13NO2. The number of amides is 1. The molecule has 1 amide bonds. The molecule has 1 fully saturated rings. The van der Waals surface area contributed by atoms with Gasteiger partial charge in [-0.3, -0.25) is 9.59 Å². The second kappa shape index (κ2) is 4.26. The van der Waals surface area contributed by atoms with E-state index in [2.05, 4.69) is 0 Å². The first-order valence-electron chi connectivity index (χ1n) is 5.11. The Bertz CT molecular complexity index is 370. The Hall–Kier alpha value is -1.64. The van der Waals surface area contributed by atoms with E-state index >= 15 is 0 Å². The molecule has 78 valence electrons. The third-order valence-electron chi connectivity index (χ3n) is 2.66. The van der Waals surface area contributed by atoms with E-state index in [-0.39, 0.29) is 5.91 Å². The Kier molecular flexibility index (Phi) is 2.81. The highest BCUT2D eigenvalue weighted by Gasteiger charge is 2.19. The first-order chi connectivity index (χ1) is 7.29. The fraction of sp³-hybridized carbons (Fsp3) is 0.333. The molecule has 0 radical (unpaired) electrons. The van der Waals surface area contributed by atoms with Crippen LogP contribution in [0.15, 0.2) is 24.3 Å². The fourth-order valence-corrected chi connectivity index (χ4v) is 1.79. The number of carbonyl (C=O) groups is 2. The van der Waals surface area contributed by atoms with E-state index < -0.39 is 0 Å². The van der Waals surface area contributed by atoms with Crippen molar-refractivity contribution in [3.05, 3.63) is 35.4 Å². The molecule has 3 nitrogen and oxygen atoms in total. The predicted molar refractivity (Wildman–Crippen MR) is 56.5 cm³/mol. The molecule has 0 bridgehead atoms. The molecule has 0 unspecified atom stereocenters. The molecule has 15 heavy (non-hydrogen) atoms. The van der Waals surface area contributed by atoms with Gasteiger partial charge in [-0.15, -0.1) is 0 Å². The number of aldehydes is 1. The van der Waals surface area contributed by atoms with Crippen molar-refractivity contribution >= 4 is 12.2 Å². The molecule has 0 aromatic heterocycles. The summed E-state index contributed by atoms with van der Waals surface area (Å²) in [4.78, 5) is 23.7. The summed E-state index contributed by atoms with van der Waals surface area (Å²) >= 11 is 0. The van der Waals surface area contributed by atoms with Gasteiger partial charge in [0.15, 0.2) is 0 Å². The fourth-order valence-electron chi connectivity index (χ4n) is 1.79. The standard InChI is InChI=1S/C12H13NO2/c14-9-11-5-3-10(4-6-11)8-13-7-1-2-12(13)15/h3-6,9H,1-2,7-8H2. The summed E-state index contributed by atoms with van der Waals surface area (Å²) in [5.74, 6) is 0.231. The molecule has 0 saturated carbocycles. The van der Waals surface area contributed by atoms with Crippen molar-refractivity contribution in [2.75, 3.05) is 6.54 Å². The van der Waals surface area contributed by atoms with Gasteiger partial charge in [0.05, 0.1) is 0 Å². The molecule has 0 spiro atoms. The number of benzene rings is 1. The van der Waals surface area contributed by atoms with Gasteiger partial charge < -0.3 is 4.90 Å². The summed E-state index contributed by atoms with van der Waals surface area (Å²) in [5, 5.41) is 0. The lowest BCUT2D eigenvalue weighted by molar-refractivity contribution is -0.128. The van der Waals surface area contributed by atoms with Crippen LogP contribution in [-0.4, -0.2) is 23.6 Å². The Balaban J connectivity index is 2.04. The maximum absolute atomic E-state index is 11.4. The third-order valence-corrected chi connectivity index (χ3v) is 2.66. The van der Waals surface area contributed by atoms with Crippen LogP contribution in [0.5, 0.6) is 0 Å². The quantitative estimate of drug-likeness (QED) is 0.700. The van der Waals surface area contributed by atoms with Gasteiger partial charge in [-0.2, -0.15) is 0 Å². The molecule has 1 aliphatic heterocycles. The minimum absolute atomic E-state index is 0.231. The summed E-state index contributed by atoms with van der Waals surface area (Å²) < 4.78 is 0. The maximum atomic E-state index is 11.4. The number of carbonyl (C=O) groups excluding carboxylic acids is 2. The summed E-state index contributed by atoms with van der Waals surface area (Å²) in [6.45, 7) is 1.52. The van der Waals surface area contributed by atoms with E-state index in [1.54, 1.807) is 12.1 Å². The number of rotatable bonds is 3. The minimum Gasteiger partial charge on any atom is -0.338 e. The Labute approximate surface area is 88.7 Å². The molecule has 1 aliphatic rings. The average Bonchev–Trinajstić information content (AvgIpc) is 2.66. The zero-order chi connectivity index (χ0) is 10.7. The Morgan fingerprint density at radius 1 is 1.27 bits per heavy atom. The van der Waals surface area contributed by atoms with Gasteiger partial charge in [0, 0.05) is 25.1 Å². The molecule has 3 heteroatoms. The van der Waals surface area contributed by atoms with E-state index in [9.17, 15) is 9.59 Å². The van der Waals surface area contributed by atoms with Crippen LogP contribution in [0, 0.1) is 0 Å². The summed E-state index contributed by atoms with van der Waals surface area (Å²) in [6, 6.07) is 7.36. The molecule has 0 aliphatic carbocycles. The largest absolute Gasteiger partial charge is 0.338 e. The smallest absolute Gasteiger partial charge is 0.222 e. The van der Waals surface area contributed by atoms with Gasteiger partial charge in [-0.25, -0.2) is 0 Å². The topological polar surface area (TPSA) is 37.4 Å². The van der Waals surface area contributed by atoms with Crippen LogP contribution in [0.1, 0.15) is 28.8 Å². The number of likely N-dealkylation sites (tertiary alicyclic amines) is 1. The average molecular weight is 203 g/mol. The monoisotopic (exact) mass is 203 g/mol. The zero-order valence-electron chi connectivity index (χ0n) is 8.48. The zero-order valence-corrected chi connectivity index (χ0v) is 8.48. The second-order valence-electron chi connectivity index (χ2n) is 3.78. The molecule has 2 rings (SSSR count). The summed E-state index contributed by atoms with van der Waals surface area (Å²) in [5.41, 5.74) is 1.75. The molecule has 0 atom stereocenters. The van der Waals surface area contributed by atoms with Crippen molar-refractivity contribution in [3.8, 4) is 0 Å². The van der Waals surface area contributed by atoms with Crippen LogP contribution in [0.3, 0.4) is 0 Å². The summed E-state index contributed by atoms with van der Waals surface area (Å²) in [7, 11) is 0. The van der Waals surface area contributed by atoms with Gasteiger partial charge >= 0.3 is 0 Å². The van der Waals surface area contributed by atoms with Crippen molar-refractivity contribution in [2.45, 2.75) is 19.4 Å². The molecule has 1 heterocycles.